The molecule has 0 aliphatic carbocycles. The first-order valence-corrected chi connectivity index (χ1v) is 7.48. The number of benzene rings is 1. The molecule has 2 aromatic rings. The van der Waals surface area contributed by atoms with Gasteiger partial charge in [0.1, 0.15) is 27.1 Å². The Kier molecular flexibility index (Phi) is 4.32. The Hall–Kier alpha value is -1.17. The molecule has 3 nitrogen and oxygen atoms in total. The quantitative estimate of drug-likeness (QED) is 0.479. The third kappa shape index (κ3) is 3.48. The number of rotatable bonds is 2. The molecule has 0 N–H and O–H groups in total. The van der Waals surface area contributed by atoms with E-state index in [-0.39, 0.29) is 11.0 Å². The normalized spacial score (nSPS) is 14.1. The van der Waals surface area contributed by atoms with E-state index in [0.29, 0.717) is 11.1 Å². The Labute approximate surface area is 125 Å². The minimum atomic E-state index is -1.36. The first-order valence-electron chi connectivity index (χ1n) is 5.99. The van der Waals surface area contributed by atoms with Crippen molar-refractivity contribution in [2.24, 2.45) is 4.40 Å². The lowest BCUT2D eigenvalue weighted by Gasteiger charge is -2.17. The second kappa shape index (κ2) is 5.68. The number of hydrogen-bond acceptors (Lipinski definition) is 3. The van der Waals surface area contributed by atoms with Crippen LogP contribution in [0.15, 0.2) is 28.7 Å². The van der Waals surface area contributed by atoms with Gasteiger partial charge in [-0.25, -0.2) is 9.37 Å². The second-order valence-corrected chi connectivity index (χ2v) is 7.59. The Bertz CT molecular complexity index is 670. The number of aromatic nitrogens is 1. The summed E-state index contributed by atoms with van der Waals surface area (Å²) < 4.78 is 28.5. The lowest BCUT2D eigenvalue weighted by Crippen LogP contribution is -2.25. The summed E-state index contributed by atoms with van der Waals surface area (Å²) in [5, 5.41) is 0.955. The van der Waals surface area contributed by atoms with Gasteiger partial charge in [0.15, 0.2) is 0 Å². The van der Waals surface area contributed by atoms with Gasteiger partial charge in [0.2, 0.25) is 0 Å². The highest BCUT2D eigenvalue weighted by Crippen LogP contribution is 2.22. The second-order valence-electron chi connectivity index (χ2n) is 5.30. The van der Waals surface area contributed by atoms with Crippen molar-refractivity contribution in [3.05, 3.63) is 40.8 Å². The van der Waals surface area contributed by atoms with E-state index in [1.54, 1.807) is 12.1 Å². The van der Waals surface area contributed by atoms with Crippen LogP contribution >= 0.6 is 11.6 Å². The average Bonchev–Trinajstić information content (AvgIpc) is 2.34. The zero-order valence-electron chi connectivity index (χ0n) is 11.4. The minimum absolute atomic E-state index is 0.206. The lowest BCUT2D eigenvalue weighted by atomic mass is 10.2. The van der Waals surface area contributed by atoms with Crippen molar-refractivity contribution in [2.75, 3.05) is 0 Å². The van der Waals surface area contributed by atoms with Crippen LogP contribution in [-0.2, 0) is 11.4 Å². The number of fused-ring (bicyclic) bond motifs is 1. The van der Waals surface area contributed by atoms with Crippen molar-refractivity contribution in [3.8, 4) is 0 Å². The maximum Gasteiger partial charge on any atom is 0.144 e. The van der Waals surface area contributed by atoms with Crippen molar-refractivity contribution in [2.45, 2.75) is 25.5 Å². The molecule has 0 fully saturated rings. The van der Waals surface area contributed by atoms with E-state index in [9.17, 15) is 8.94 Å². The summed E-state index contributed by atoms with van der Waals surface area (Å²) in [5.41, 5.74) is 1.03. The molecule has 0 aliphatic rings. The molecule has 20 heavy (non-hydrogen) atoms. The monoisotopic (exact) mass is 312 g/mol. The van der Waals surface area contributed by atoms with E-state index in [2.05, 4.69) is 9.38 Å². The van der Waals surface area contributed by atoms with Gasteiger partial charge in [0, 0.05) is 17.0 Å². The number of nitrogens with zero attached hydrogens (tertiary/aromatic N) is 2. The van der Waals surface area contributed by atoms with Gasteiger partial charge >= 0.3 is 0 Å². The van der Waals surface area contributed by atoms with Crippen LogP contribution in [0.5, 0.6) is 0 Å². The smallest absolute Gasteiger partial charge is 0.144 e. The molecule has 106 valence electrons. The summed E-state index contributed by atoms with van der Waals surface area (Å²) in [4.78, 5) is 4.11. The van der Waals surface area contributed by atoms with Gasteiger partial charge in [-0.2, -0.15) is 0 Å². The highest BCUT2D eigenvalue weighted by molar-refractivity contribution is 7.91. The predicted molar refractivity (Wildman–Crippen MR) is 82.2 cm³/mol. The zero-order chi connectivity index (χ0) is 14.9. The van der Waals surface area contributed by atoms with E-state index in [0.717, 1.165) is 5.39 Å². The predicted octanol–water partition coefficient (Wildman–Crippen LogP) is 3.91. The SMILES string of the molecule is CC(C)(C)[S@@+]([O-])N=Cc1cc2ccc(F)cc2nc1Cl. The van der Waals surface area contributed by atoms with E-state index >= 15 is 0 Å². The van der Waals surface area contributed by atoms with Crippen molar-refractivity contribution >= 4 is 40.1 Å². The van der Waals surface area contributed by atoms with Crippen molar-refractivity contribution < 1.29 is 8.94 Å². The van der Waals surface area contributed by atoms with E-state index < -0.39 is 16.1 Å². The summed E-state index contributed by atoms with van der Waals surface area (Å²) in [7, 11) is 0. The Balaban J connectivity index is 2.38. The van der Waals surface area contributed by atoms with Crippen LogP contribution in [0, 0.1) is 5.82 Å². The fourth-order valence-corrected chi connectivity index (χ4v) is 2.21. The molecule has 0 saturated heterocycles. The van der Waals surface area contributed by atoms with Gasteiger partial charge in [0.25, 0.3) is 0 Å². The third-order valence-corrected chi connectivity index (χ3v) is 4.22. The molecule has 1 atom stereocenters. The van der Waals surface area contributed by atoms with Gasteiger partial charge in [-0.15, -0.1) is 0 Å². The van der Waals surface area contributed by atoms with Crippen LogP contribution in [-0.4, -0.2) is 20.5 Å². The molecule has 1 aromatic carbocycles. The molecule has 0 radical (unpaired) electrons. The molecule has 0 saturated carbocycles. The van der Waals surface area contributed by atoms with Crippen LogP contribution in [0.2, 0.25) is 5.15 Å². The summed E-state index contributed by atoms with van der Waals surface area (Å²) in [6.07, 6.45) is 1.44. The first-order chi connectivity index (χ1) is 9.27. The standard InChI is InChI=1S/C14H14ClFN2OS/c1-14(2,3)20(19)17-8-10-6-9-4-5-11(16)7-12(9)18-13(10)15/h4-8H,1-3H3/t20-/m1/s1. The summed E-state index contributed by atoms with van der Waals surface area (Å²) >= 11 is 4.67. The van der Waals surface area contributed by atoms with Gasteiger partial charge in [-0.05, 0) is 39.0 Å². The lowest BCUT2D eigenvalue weighted by molar-refractivity contribution is 0.562. The highest BCUT2D eigenvalue weighted by atomic mass is 35.5. The third-order valence-electron chi connectivity index (χ3n) is 2.57. The molecular formula is C14H14ClFN2OS. The Morgan fingerprint density at radius 3 is 2.70 bits per heavy atom. The molecule has 1 aromatic heterocycles. The van der Waals surface area contributed by atoms with E-state index in [4.69, 9.17) is 11.6 Å². The summed E-state index contributed by atoms with van der Waals surface area (Å²) in [6, 6.07) is 6.03. The van der Waals surface area contributed by atoms with Crippen LogP contribution in [0.4, 0.5) is 4.39 Å². The molecule has 2 rings (SSSR count). The number of pyridine rings is 1. The molecular weight excluding hydrogens is 299 g/mol. The molecule has 0 amide bonds. The fraction of sp³-hybridized carbons (Fsp3) is 0.286. The van der Waals surface area contributed by atoms with Crippen molar-refractivity contribution in [1.29, 1.82) is 0 Å². The molecule has 1 heterocycles. The van der Waals surface area contributed by atoms with Crippen LogP contribution < -0.4 is 0 Å². The van der Waals surface area contributed by atoms with Crippen LogP contribution in [0.25, 0.3) is 10.9 Å². The highest BCUT2D eigenvalue weighted by Gasteiger charge is 2.25. The molecule has 0 spiro atoms. The number of halogens is 2. The molecule has 6 heteroatoms. The Morgan fingerprint density at radius 2 is 2.05 bits per heavy atom. The van der Waals surface area contributed by atoms with Gasteiger partial charge in [-0.1, -0.05) is 16.0 Å². The molecule has 0 aliphatic heterocycles. The molecule has 0 bridgehead atoms. The van der Waals surface area contributed by atoms with Crippen molar-refractivity contribution in [3.63, 3.8) is 0 Å². The molecule has 0 unspecified atom stereocenters. The number of hydrogen-bond donors (Lipinski definition) is 0. The van der Waals surface area contributed by atoms with Crippen LogP contribution in [0.3, 0.4) is 0 Å². The minimum Gasteiger partial charge on any atom is -0.591 e. The van der Waals surface area contributed by atoms with Gasteiger partial charge in [0.05, 0.1) is 11.7 Å². The van der Waals surface area contributed by atoms with Crippen molar-refractivity contribution in [1.82, 2.24) is 4.98 Å². The van der Waals surface area contributed by atoms with E-state index in [1.807, 2.05) is 20.8 Å². The summed E-state index contributed by atoms with van der Waals surface area (Å²) in [6.45, 7) is 5.51. The van der Waals surface area contributed by atoms with Crippen LogP contribution in [0.1, 0.15) is 26.3 Å². The average molecular weight is 313 g/mol. The fourth-order valence-electron chi connectivity index (χ4n) is 1.49. The van der Waals surface area contributed by atoms with Gasteiger partial charge in [-0.3, -0.25) is 0 Å². The van der Waals surface area contributed by atoms with E-state index in [1.165, 1.54) is 18.3 Å². The Morgan fingerprint density at radius 1 is 1.35 bits per heavy atom. The topological polar surface area (TPSA) is 48.3 Å². The summed E-state index contributed by atoms with van der Waals surface area (Å²) in [5.74, 6) is -0.365. The first kappa shape index (κ1) is 15.2. The maximum absolute atomic E-state index is 13.1. The van der Waals surface area contributed by atoms with Gasteiger partial charge < -0.3 is 4.55 Å². The zero-order valence-corrected chi connectivity index (χ0v) is 12.9. The largest absolute Gasteiger partial charge is 0.591 e. The maximum atomic E-state index is 13.1.